The van der Waals surface area contributed by atoms with Gasteiger partial charge < -0.3 is 15.0 Å². The standard InChI is InChI=1S/C27H34N4O4/c1-18(2)16-22(29-24(32)8-12-28)25(33)30-13-9-19(10-14-30)20-6-7-23-21(17-20)11-15-31(23)26(34)35-27(3,4)5/h6-7,9,11,15,17-18,22H,8,10,13-14,16H2,1-5H3,(H,29,32). The first kappa shape index (κ1) is 26.0. The third-order valence-electron chi connectivity index (χ3n) is 5.75. The van der Waals surface area contributed by atoms with E-state index >= 15 is 0 Å². The third kappa shape index (κ3) is 6.72. The Balaban J connectivity index is 1.72. The fourth-order valence-electron chi connectivity index (χ4n) is 4.17. The highest BCUT2D eigenvalue weighted by Crippen LogP contribution is 2.27. The van der Waals surface area contributed by atoms with Crippen molar-refractivity contribution in [2.75, 3.05) is 13.1 Å². The smallest absolute Gasteiger partial charge is 0.418 e. The molecule has 1 unspecified atom stereocenters. The Bertz CT molecular complexity index is 1180. The summed E-state index contributed by atoms with van der Waals surface area (Å²) in [4.78, 5) is 39.3. The number of nitrogens with one attached hydrogen (secondary N) is 1. The topological polar surface area (TPSA) is 104 Å². The number of carbonyl (C=O) groups excluding carboxylic acids is 3. The van der Waals surface area contributed by atoms with Gasteiger partial charge >= 0.3 is 6.09 Å². The Hall–Kier alpha value is -3.60. The van der Waals surface area contributed by atoms with Crippen molar-refractivity contribution in [3.63, 3.8) is 0 Å². The predicted octanol–water partition coefficient (Wildman–Crippen LogP) is 4.48. The predicted molar refractivity (Wildman–Crippen MR) is 134 cm³/mol. The van der Waals surface area contributed by atoms with E-state index < -0.39 is 23.6 Å². The molecule has 0 fully saturated rings. The molecule has 0 spiro atoms. The largest absolute Gasteiger partial charge is 0.443 e. The summed E-state index contributed by atoms with van der Waals surface area (Å²) in [6, 6.07) is 9.03. The minimum Gasteiger partial charge on any atom is -0.443 e. The lowest BCUT2D eigenvalue weighted by molar-refractivity contribution is -0.136. The number of rotatable bonds is 6. The van der Waals surface area contributed by atoms with Crippen molar-refractivity contribution < 1.29 is 19.1 Å². The molecule has 1 aliphatic heterocycles. The van der Waals surface area contributed by atoms with Crippen LogP contribution < -0.4 is 5.32 Å². The highest BCUT2D eigenvalue weighted by Gasteiger charge is 2.28. The van der Waals surface area contributed by atoms with Gasteiger partial charge in [-0.25, -0.2) is 4.79 Å². The first-order valence-electron chi connectivity index (χ1n) is 12.0. The van der Waals surface area contributed by atoms with E-state index in [0.717, 1.165) is 22.0 Å². The zero-order chi connectivity index (χ0) is 25.8. The Morgan fingerprint density at radius 2 is 1.94 bits per heavy atom. The van der Waals surface area contributed by atoms with E-state index in [1.807, 2.05) is 71.0 Å². The second-order valence-electron chi connectivity index (χ2n) is 10.3. The van der Waals surface area contributed by atoms with Crippen LogP contribution in [0, 0.1) is 17.2 Å². The maximum absolute atomic E-state index is 13.1. The second kappa shape index (κ2) is 10.8. The molecule has 0 aliphatic carbocycles. The quantitative estimate of drug-likeness (QED) is 0.659. The Kier molecular flexibility index (Phi) is 8.00. The summed E-state index contributed by atoms with van der Waals surface area (Å²) >= 11 is 0. The van der Waals surface area contributed by atoms with E-state index in [1.165, 1.54) is 4.57 Å². The molecule has 186 valence electrons. The third-order valence-corrected chi connectivity index (χ3v) is 5.75. The van der Waals surface area contributed by atoms with E-state index in [-0.39, 0.29) is 18.2 Å². The molecule has 1 N–H and O–H groups in total. The minimum atomic E-state index is -0.630. The van der Waals surface area contributed by atoms with Crippen LogP contribution >= 0.6 is 0 Å². The first-order valence-corrected chi connectivity index (χ1v) is 12.0. The van der Waals surface area contributed by atoms with Gasteiger partial charge in [0, 0.05) is 24.7 Å². The van der Waals surface area contributed by atoms with Crippen molar-refractivity contribution in [3.05, 3.63) is 42.1 Å². The maximum Gasteiger partial charge on any atom is 0.418 e. The van der Waals surface area contributed by atoms with Gasteiger partial charge in [-0.05, 0) is 68.9 Å². The Morgan fingerprint density at radius 3 is 2.54 bits per heavy atom. The normalized spacial score (nSPS) is 14.9. The zero-order valence-corrected chi connectivity index (χ0v) is 21.1. The van der Waals surface area contributed by atoms with Crippen molar-refractivity contribution in [2.24, 2.45) is 5.92 Å². The molecule has 8 nitrogen and oxygen atoms in total. The molecule has 1 aliphatic rings. The molecule has 1 atom stereocenters. The van der Waals surface area contributed by atoms with Gasteiger partial charge in [-0.1, -0.05) is 26.0 Å². The fraction of sp³-hybridized carbons (Fsp3) is 0.481. The summed E-state index contributed by atoms with van der Waals surface area (Å²) in [6.45, 7) is 10.5. The molecule has 0 radical (unpaired) electrons. The number of aromatic nitrogens is 1. The summed E-state index contributed by atoms with van der Waals surface area (Å²) < 4.78 is 6.99. The average molecular weight is 479 g/mol. The molecule has 2 aromatic rings. The summed E-state index contributed by atoms with van der Waals surface area (Å²) in [7, 11) is 0. The number of fused-ring (bicyclic) bond motifs is 1. The van der Waals surface area contributed by atoms with Crippen molar-refractivity contribution >= 4 is 34.4 Å². The summed E-state index contributed by atoms with van der Waals surface area (Å²) in [5, 5.41) is 12.4. The molecular weight excluding hydrogens is 444 g/mol. The van der Waals surface area contributed by atoms with Crippen molar-refractivity contribution in [2.45, 2.75) is 65.5 Å². The van der Waals surface area contributed by atoms with E-state index in [9.17, 15) is 14.4 Å². The number of amides is 2. The lowest BCUT2D eigenvalue weighted by Crippen LogP contribution is -2.50. The van der Waals surface area contributed by atoms with Gasteiger partial charge in [-0.15, -0.1) is 0 Å². The Morgan fingerprint density at radius 1 is 1.20 bits per heavy atom. The van der Waals surface area contributed by atoms with Gasteiger partial charge in [-0.2, -0.15) is 5.26 Å². The van der Waals surface area contributed by atoms with Gasteiger partial charge in [-0.3, -0.25) is 14.2 Å². The number of carbonyl (C=O) groups is 3. The van der Waals surface area contributed by atoms with Crippen LogP contribution in [0.15, 0.2) is 36.5 Å². The monoisotopic (exact) mass is 478 g/mol. The van der Waals surface area contributed by atoms with Gasteiger partial charge in [0.15, 0.2) is 0 Å². The molecule has 0 saturated carbocycles. The molecule has 2 heterocycles. The van der Waals surface area contributed by atoms with Gasteiger partial charge in [0.1, 0.15) is 18.1 Å². The van der Waals surface area contributed by atoms with Gasteiger partial charge in [0.2, 0.25) is 11.8 Å². The van der Waals surface area contributed by atoms with Gasteiger partial charge in [0.05, 0.1) is 11.6 Å². The highest BCUT2D eigenvalue weighted by atomic mass is 16.6. The number of hydrogen-bond donors (Lipinski definition) is 1. The average Bonchev–Trinajstić information content (AvgIpc) is 3.20. The fourth-order valence-corrected chi connectivity index (χ4v) is 4.17. The molecule has 1 aromatic carbocycles. The number of ether oxygens (including phenoxy) is 1. The Labute approximate surface area is 206 Å². The molecule has 3 rings (SSSR count). The van der Waals surface area contributed by atoms with E-state index in [0.29, 0.717) is 25.9 Å². The number of nitriles is 1. The lowest BCUT2D eigenvalue weighted by atomic mass is 9.97. The zero-order valence-electron chi connectivity index (χ0n) is 21.1. The maximum atomic E-state index is 13.1. The first-order chi connectivity index (χ1) is 16.5. The van der Waals surface area contributed by atoms with Crippen LogP contribution in [0.25, 0.3) is 16.5 Å². The molecule has 0 bridgehead atoms. The van der Waals surface area contributed by atoms with Crippen LogP contribution in [-0.2, 0) is 14.3 Å². The highest BCUT2D eigenvalue weighted by molar-refractivity contribution is 5.92. The molecular formula is C27H34N4O4. The van der Waals surface area contributed by atoms with E-state index in [4.69, 9.17) is 10.00 Å². The summed E-state index contributed by atoms with van der Waals surface area (Å²) in [5.41, 5.74) is 2.39. The van der Waals surface area contributed by atoms with Crippen molar-refractivity contribution in [1.82, 2.24) is 14.8 Å². The number of hydrogen-bond acceptors (Lipinski definition) is 5. The summed E-state index contributed by atoms with van der Waals surface area (Å²) in [5.74, 6) is -0.321. The second-order valence-corrected chi connectivity index (χ2v) is 10.3. The number of nitrogens with zero attached hydrogens (tertiary/aromatic N) is 3. The van der Waals surface area contributed by atoms with Crippen molar-refractivity contribution in [3.8, 4) is 6.07 Å². The van der Waals surface area contributed by atoms with Crippen LogP contribution in [0.2, 0.25) is 0 Å². The minimum absolute atomic E-state index is 0.120. The van der Waals surface area contributed by atoms with Crippen LogP contribution in [0.5, 0.6) is 0 Å². The molecule has 2 amide bonds. The van der Waals surface area contributed by atoms with Crippen LogP contribution in [0.1, 0.15) is 59.4 Å². The van der Waals surface area contributed by atoms with Gasteiger partial charge in [0.25, 0.3) is 0 Å². The summed E-state index contributed by atoms with van der Waals surface area (Å²) in [6.07, 6.45) is 4.29. The lowest BCUT2D eigenvalue weighted by Gasteiger charge is -2.31. The van der Waals surface area contributed by atoms with Crippen molar-refractivity contribution in [1.29, 1.82) is 5.26 Å². The van der Waals surface area contributed by atoms with Crippen LogP contribution in [-0.4, -0.2) is 52.1 Å². The van der Waals surface area contributed by atoms with E-state index in [2.05, 4.69) is 5.32 Å². The molecule has 8 heteroatoms. The molecule has 0 saturated heterocycles. The number of benzene rings is 1. The SMILES string of the molecule is CC(C)CC(NC(=O)CC#N)C(=O)N1CC=C(c2ccc3c(ccn3C(=O)OC(C)(C)C)c2)CC1. The molecule has 1 aromatic heterocycles. The van der Waals surface area contributed by atoms with E-state index in [1.54, 1.807) is 11.1 Å². The van der Waals surface area contributed by atoms with Crippen LogP contribution in [0.4, 0.5) is 4.79 Å². The van der Waals surface area contributed by atoms with Crippen LogP contribution in [0.3, 0.4) is 0 Å². The molecule has 35 heavy (non-hydrogen) atoms.